The summed E-state index contributed by atoms with van der Waals surface area (Å²) in [6.07, 6.45) is 2.92. The molecule has 0 aromatic carbocycles. The Kier molecular flexibility index (Phi) is 4.21. The minimum atomic E-state index is 0.492. The third-order valence-electron chi connectivity index (χ3n) is 2.60. The minimum Gasteiger partial charge on any atom is -0.357 e. The number of halogens is 1. The van der Waals surface area contributed by atoms with E-state index in [9.17, 15) is 0 Å². The summed E-state index contributed by atoms with van der Waals surface area (Å²) in [7, 11) is 2.06. The summed E-state index contributed by atoms with van der Waals surface area (Å²) in [5.41, 5.74) is 1.09. The third kappa shape index (κ3) is 2.38. The highest BCUT2D eigenvalue weighted by Crippen LogP contribution is 2.20. The number of anilines is 1. The van der Waals surface area contributed by atoms with E-state index in [2.05, 4.69) is 30.8 Å². The van der Waals surface area contributed by atoms with Gasteiger partial charge in [-0.15, -0.1) is 11.6 Å². The Balaban J connectivity index is 2.93. The lowest BCUT2D eigenvalue weighted by Crippen LogP contribution is -2.29. The Hall–Kier alpha value is -0.760. The van der Waals surface area contributed by atoms with E-state index in [0.29, 0.717) is 11.9 Å². The predicted octanol–water partition coefficient (Wildman–Crippen LogP) is 3.06. The van der Waals surface area contributed by atoms with E-state index in [1.54, 1.807) is 0 Å². The summed E-state index contributed by atoms with van der Waals surface area (Å²) >= 11 is 5.86. The van der Waals surface area contributed by atoms with E-state index in [4.69, 9.17) is 11.6 Å². The first-order valence-electron chi connectivity index (χ1n) is 4.93. The molecule has 78 valence electrons. The van der Waals surface area contributed by atoms with Gasteiger partial charge in [-0.25, -0.2) is 4.98 Å². The van der Waals surface area contributed by atoms with E-state index in [1.807, 2.05) is 18.3 Å². The maximum absolute atomic E-state index is 5.86. The van der Waals surface area contributed by atoms with Crippen LogP contribution < -0.4 is 4.90 Å². The molecule has 3 heteroatoms. The summed E-state index contributed by atoms with van der Waals surface area (Å²) in [6, 6.07) is 4.44. The fraction of sp³-hybridized carbons (Fsp3) is 0.545. The van der Waals surface area contributed by atoms with Gasteiger partial charge in [0.15, 0.2) is 0 Å². The standard InChI is InChI=1S/C11H17ClN2/c1-4-9(2)14(3)11-10(8-12)6-5-7-13-11/h5-7,9H,4,8H2,1-3H3. The van der Waals surface area contributed by atoms with Crippen LogP contribution in [-0.4, -0.2) is 18.1 Å². The highest BCUT2D eigenvalue weighted by molar-refractivity contribution is 6.17. The summed E-state index contributed by atoms with van der Waals surface area (Å²) in [5, 5.41) is 0. The molecule has 0 radical (unpaired) electrons. The number of nitrogens with zero attached hydrogens (tertiary/aromatic N) is 2. The molecule has 1 aromatic heterocycles. The zero-order valence-corrected chi connectivity index (χ0v) is 9.75. The van der Waals surface area contributed by atoms with Crippen molar-refractivity contribution in [1.29, 1.82) is 0 Å². The molecule has 0 amide bonds. The van der Waals surface area contributed by atoms with Crippen molar-refractivity contribution in [1.82, 2.24) is 4.98 Å². The number of alkyl halides is 1. The number of pyridine rings is 1. The van der Waals surface area contributed by atoms with Gasteiger partial charge in [0.25, 0.3) is 0 Å². The Morgan fingerprint density at radius 1 is 1.57 bits per heavy atom. The highest BCUT2D eigenvalue weighted by Gasteiger charge is 2.12. The van der Waals surface area contributed by atoms with Gasteiger partial charge in [0, 0.05) is 24.8 Å². The van der Waals surface area contributed by atoms with Gasteiger partial charge in [0.05, 0.1) is 5.88 Å². The summed E-state index contributed by atoms with van der Waals surface area (Å²) in [5.74, 6) is 1.51. The van der Waals surface area contributed by atoms with Crippen LogP contribution in [0.4, 0.5) is 5.82 Å². The quantitative estimate of drug-likeness (QED) is 0.714. The number of rotatable bonds is 4. The second-order valence-electron chi connectivity index (χ2n) is 3.49. The fourth-order valence-electron chi connectivity index (χ4n) is 1.33. The topological polar surface area (TPSA) is 16.1 Å². The average molecular weight is 213 g/mol. The zero-order chi connectivity index (χ0) is 10.6. The van der Waals surface area contributed by atoms with Gasteiger partial charge >= 0.3 is 0 Å². The molecule has 1 atom stereocenters. The smallest absolute Gasteiger partial charge is 0.132 e. The van der Waals surface area contributed by atoms with E-state index in [0.717, 1.165) is 17.8 Å². The largest absolute Gasteiger partial charge is 0.357 e. The van der Waals surface area contributed by atoms with Gasteiger partial charge in [-0.3, -0.25) is 0 Å². The van der Waals surface area contributed by atoms with E-state index >= 15 is 0 Å². The van der Waals surface area contributed by atoms with Crippen molar-refractivity contribution < 1.29 is 0 Å². The number of hydrogen-bond acceptors (Lipinski definition) is 2. The first-order chi connectivity index (χ1) is 6.70. The van der Waals surface area contributed by atoms with Crippen LogP contribution in [-0.2, 0) is 5.88 Å². The molecule has 1 aromatic rings. The molecule has 0 aliphatic carbocycles. The average Bonchev–Trinajstić information content (AvgIpc) is 2.26. The van der Waals surface area contributed by atoms with Crippen molar-refractivity contribution in [2.75, 3.05) is 11.9 Å². The van der Waals surface area contributed by atoms with Crippen molar-refractivity contribution in [2.24, 2.45) is 0 Å². The molecule has 0 N–H and O–H groups in total. The van der Waals surface area contributed by atoms with E-state index in [1.165, 1.54) is 0 Å². The highest BCUT2D eigenvalue weighted by atomic mass is 35.5. The maximum Gasteiger partial charge on any atom is 0.132 e. The molecular formula is C11H17ClN2. The van der Waals surface area contributed by atoms with Crippen LogP contribution in [0.25, 0.3) is 0 Å². The molecule has 0 fully saturated rings. The van der Waals surface area contributed by atoms with Gasteiger partial charge in [0.1, 0.15) is 5.82 Å². The molecule has 0 spiro atoms. The van der Waals surface area contributed by atoms with Crippen molar-refractivity contribution in [3.05, 3.63) is 23.9 Å². The zero-order valence-electron chi connectivity index (χ0n) is 9.00. The van der Waals surface area contributed by atoms with Gasteiger partial charge in [-0.2, -0.15) is 0 Å². The molecule has 0 saturated heterocycles. The van der Waals surface area contributed by atoms with Crippen LogP contribution in [0.1, 0.15) is 25.8 Å². The predicted molar refractivity (Wildman–Crippen MR) is 62.0 cm³/mol. The molecule has 0 saturated carbocycles. The number of aromatic nitrogens is 1. The molecule has 1 rings (SSSR count). The first kappa shape index (κ1) is 11.3. The Labute approximate surface area is 90.9 Å². The summed E-state index contributed by atoms with van der Waals surface area (Å²) in [4.78, 5) is 6.54. The molecule has 1 unspecified atom stereocenters. The summed E-state index contributed by atoms with van der Waals surface area (Å²) in [6.45, 7) is 4.36. The Bertz CT molecular complexity index is 288. The van der Waals surface area contributed by atoms with Crippen molar-refractivity contribution in [2.45, 2.75) is 32.2 Å². The Morgan fingerprint density at radius 3 is 2.86 bits per heavy atom. The van der Waals surface area contributed by atoms with Crippen LogP contribution in [0.5, 0.6) is 0 Å². The normalized spacial score (nSPS) is 12.6. The lowest BCUT2D eigenvalue weighted by atomic mass is 10.2. The molecule has 0 aliphatic rings. The monoisotopic (exact) mass is 212 g/mol. The van der Waals surface area contributed by atoms with Crippen LogP contribution >= 0.6 is 11.6 Å². The van der Waals surface area contributed by atoms with Crippen LogP contribution in [0.2, 0.25) is 0 Å². The van der Waals surface area contributed by atoms with Crippen LogP contribution in [0.15, 0.2) is 18.3 Å². The second-order valence-corrected chi connectivity index (χ2v) is 3.76. The van der Waals surface area contributed by atoms with Gasteiger partial charge in [0.2, 0.25) is 0 Å². The lowest BCUT2D eigenvalue weighted by molar-refractivity contribution is 0.655. The van der Waals surface area contributed by atoms with Crippen molar-refractivity contribution in [3.8, 4) is 0 Å². The van der Waals surface area contributed by atoms with Crippen molar-refractivity contribution >= 4 is 17.4 Å². The second kappa shape index (κ2) is 5.20. The molecule has 0 bridgehead atoms. The maximum atomic E-state index is 5.86. The third-order valence-corrected chi connectivity index (χ3v) is 2.89. The molecule has 2 nitrogen and oxygen atoms in total. The van der Waals surface area contributed by atoms with Crippen LogP contribution in [0.3, 0.4) is 0 Å². The summed E-state index contributed by atoms with van der Waals surface area (Å²) < 4.78 is 0. The molecule has 14 heavy (non-hydrogen) atoms. The lowest BCUT2D eigenvalue weighted by Gasteiger charge is -2.26. The van der Waals surface area contributed by atoms with Crippen LogP contribution in [0, 0.1) is 0 Å². The van der Waals surface area contributed by atoms with Gasteiger partial charge in [-0.1, -0.05) is 13.0 Å². The Morgan fingerprint density at radius 2 is 2.29 bits per heavy atom. The fourth-order valence-corrected chi connectivity index (χ4v) is 1.54. The molecular weight excluding hydrogens is 196 g/mol. The minimum absolute atomic E-state index is 0.492. The van der Waals surface area contributed by atoms with E-state index in [-0.39, 0.29) is 0 Å². The first-order valence-corrected chi connectivity index (χ1v) is 5.46. The molecule has 0 aliphatic heterocycles. The van der Waals surface area contributed by atoms with Gasteiger partial charge in [-0.05, 0) is 19.4 Å². The molecule has 1 heterocycles. The van der Waals surface area contributed by atoms with Gasteiger partial charge < -0.3 is 4.90 Å². The SMILES string of the molecule is CCC(C)N(C)c1ncccc1CCl. The van der Waals surface area contributed by atoms with E-state index < -0.39 is 0 Å². The van der Waals surface area contributed by atoms with Crippen molar-refractivity contribution in [3.63, 3.8) is 0 Å². The number of hydrogen-bond donors (Lipinski definition) is 0.